The molecule has 0 unspecified atom stereocenters. The predicted octanol–water partition coefficient (Wildman–Crippen LogP) is 7.21. The zero-order valence-corrected chi connectivity index (χ0v) is 16.9. The van der Waals surface area contributed by atoms with Gasteiger partial charge in [-0.25, -0.2) is 0 Å². The van der Waals surface area contributed by atoms with Gasteiger partial charge in [-0.15, -0.1) is 0 Å². The van der Waals surface area contributed by atoms with Crippen LogP contribution in [-0.2, 0) is 10.8 Å². The molecule has 0 bridgehead atoms. The summed E-state index contributed by atoms with van der Waals surface area (Å²) >= 11 is 3.57. The maximum Gasteiger partial charge on any atom is 0.0178 e. The second-order valence-electron chi connectivity index (χ2n) is 7.48. The van der Waals surface area contributed by atoms with E-state index in [1.165, 1.54) is 16.7 Å². The SMILES string of the molecule is C=C(/C=C(\C)C(C)(C)c1ccccc1)C(C)(C)c1cccc(Br)c1. The fraction of sp³-hybridized carbons (Fsp3) is 0.304. The molecule has 0 N–H and O–H groups in total. The van der Waals surface area contributed by atoms with Gasteiger partial charge in [0.1, 0.15) is 0 Å². The molecule has 0 fully saturated rings. The molecule has 0 aliphatic heterocycles. The molecule has 0 radical (unpaired) electrons. The Bertz CT molecular complexity index is 749. The van der Waals surface area contributed by atoms with Crippen LogP contribution in [0.5, 0.6) is 0 Å². The summed E-state index contributed by atoms with van der Waals surface area (Å²) in [5.41, 5.74) is 4.91. The second kappa shape index (κ2) is 7.11. The van der Waals surface area contributed by atoms with Gasteiger partial charge >= 0.3 is 0 Å². The van der Waals surface area contributed by atoms with Gasteiger partial charge in [0, 0.05) is 15.3 Å². The van der Waals surface area contributed by atoms with Crippen molar-refractivity contribution in [2.75, 3.05) is 0 Å². The molecule has 0 aliphatic carbocycles. The van der Waals surface area contributed by atoms with E-state index in [4.69, 9.17) is 0 Å². The van der Waals surface area contributed by atoms with E-state index in [0.29, 0.717) is 0 Å². The summed E-state index contributed by atoms with van der Waals surface area (Å²) in [6.45, 7) is 15.6. The largest absolute Gasteiger partial charge is 0.0949 e. The van der Waals surface area contributed by atoms with E-state index >= 15 is 0 Å². The van der Waals surface area contributed by atoms with Gasteiger partial charge in [-0.1, -0.05) is 104 Å². The lowest BCUT2D eigenvalue weighted by Gasteiger charge is -2.31. The molecule has 0 aliphatic rings. The molecule has 0 amide bonds. The van der Waals surface area contributed by atoms with Crippen LogP contribution in [-0.4, -0.2) is 0 Å². The summed E-state index contributed by atoms with van der Waals surface area (Å²) in [5.74, 6) is 0. The van der Waals surface area contributed by atoms with Crippen LogP contribution in [0.15, 0.2) is 82.9 Å². The fourth-order valence-electron chi connectivity index (χ4n) is 2.77. The maximum atomic E-state index is 4.39. The third-order valence-corrected chi connectivity index (χ3v) is 5.71. The summed E-state index contributed by atoms with van der Waals surface area (Å²) in [6.07, 6.45) is 2.26. The molecule has 0 heterocycles. The van der Waals surface area contributed by atoms with E-state index in [2.05, 4.69) is 118 Å². The van der Waals surface area contributed by atoms with Gasteiger partial charge in [0.25, 0.3) is 0 Å². The van der Waals surface area contributed by atoms with E-state index in [0.717, 1.165) is 10.0 Å². The molecule has 0 saturated carbocycles. The van der Waals surface area contributed by atoms with Crippen LogP contribution in [0, 0.1) is 0 Å². The third-order valence-electron chi connectivity index (χ3n) is 5.22. The van der Waals surface area contributed by atoms with Crippen molar-refractivity contribution in [3.8, 4) is 0 Å². The summed E-state index contributed by atoms with van der Waals surface area (Å²) < 4.78 is 1.10. The van der Waals surface area contributed by atoms with Crippen LogP contribution in [0.4, 0.5) is 0 Å². The van der Waals surface area contributed by atoms with E-state index in [1.807, 2.05) is 0 Å². The van der Waals surface area contributed by atoms with Crippen molar-refractivity contribution in [2.24, 2.45) is 0 Å². The van der Waals surface area contributed by atoms with Gasteiger partial charge in [-0.05, 0) is 35.8 Å². The van der Waals surface area contributed by atoms with Crippen LogP contribution < -0.4 is 0 Å². The van der Waals surface area contributed by atoms with Crippen molar-refractivity contribution in [2.45, 2.75) is 45.4 Å². The fourth-order valence-corrected chi connectivity index (χ4v) is 3.17. The zero-order chi connectivity index (χ0) is 18.0. The molecule has 2 aromatic rings. The Kier molecular flexibility index (Phi) is 5.55. The highest BCUT2D eigenvalue weighted by Crippen LogP contribution is 2.37. The van der Waals surface area contributed by atoms with Gasteiger partial charge in [-0.2, -0.15) is 0 Å². The third kappa shape index (κ3) is 3.89. The van der Waals surface area contributed by atoms with Gasteiger partial charge in [0.05, 0.1) is 0 Å². The van der Waals surface area contributed by atoms with Gasteiger partial charge in [-0.3, -0.25) is 0 Å². The van der Waals surface area contributed by atoms with E-state index in [9.17, 15) is 0 Å². The van der Waals surface area contributed by atoms with Crippen LogP contribution >= 0.6 is 15.9 Å². The van der Waals surface area contributed by atoms with Crippen molar-refractivity contribution in [3.05, 3.63) is 94.0 Å². The molecule has 0 atom stereocenters. The molecule has 0 aromatic heterocycles. The Hall–Kier alpha value is -1.60. The standard InChI is InChI=1S/C23H27Br/c1-17(22(3,4)19-11-8-7-9-12-19)15-18(2)23(5,6)20-13-10-14-21(24)16-20/h7-16H,2H2,1,3-6H3/b17-15+. The molecular weight excluding hydrogens is 356 g/mol. The molecule has 1 heteroatoms. The lowest BCUT2D eigenvalue weighted by atomic mass is 9.73. The van der Waals surface area contributed by atoms with Crippen molar-refractivity contribution < 1.29 is 0 Å². The van der Waals surface area contributed by atoms with E-state index in [-0.39, 0.29) is 10.8 Å². The molecule has 0 spiro atoms. The van der Waals surface area contributed by atoms with E-state index in [1.54, 1.807) is 0 Å². The number of benzene rings is 2. The number of rotatable bonds is 5. The minimum absolute atomic E-state index is 0.0163. The zero-order valence-electron chi connectivity index (χ0n) is 15.4. The van der Waals surface area contributed by atoms with E-state index < -0.39 is 0 Å². The Morgan fingerprint density at radius 2 is 1.46 bits per heavy atom. The van der Waals surface area contributed by atoms with Crippen LogP contribution in [0.25, 0.3) is 0 Å². The van der Waals surface area contributed by atoms with Crippen molar-refractivity contribution in [1.29, 1.82) is 0 Å². The number of hydrogen-bond acceptors (Lipinski definition) is 0. The molecule has 2 rings (SSSR count). The first-order chi connectivity index (χ1) is 11.2. The average Bonchev–Trinajstić information content (AvgIpc) is 2.55. The second-order valence-corrected chi connectivity index (χ2v) is 8.39. The smallest absolute Gasteiger partial charge is 0.0178 e. The predicted molar refractivity (Wildman–Crippen MR) is 110 cm³/mol. The Balaban J connectivity index is 2.34. The Morgan fingerprint density at radius 1 is 0.875 bits per heavy atom. The maximum absolute atomic E-state index is 4.39. The minimum Gasteiger partial charge on any atom is -0.0949 e. The Labute approximate surface area is 155 Å². The highest BCUT2D eigenvalue weighted by atomic mass is 79.9. The van der Waals surface area contributed by atoms with Crippen LogP contribution in [0.3, 0.4) is 0 Å². The first-order valence-electron chi connectivity index (χ1n) is 8.35. The molecule has 2 aromatic carbocycles. The first-order valence-corrected chi connectivity index (χ1v) is 9.14. The highest BCUT2D eigenvalue weighted by molar-refractivity contribution is 9.10. The Morgan fingerprint density at radius 3 is 2.04 bits per heavy atom. The minimum atomic E-state index is -0.113. The van der Waals surface area contributed by atoms with Crippen LogP contribution in [0.2, 0.25) is 0 Å². The topological polar surface area (TPSA) is 0 Å². The van der Waals surface area contributed by atoms with Crippen LogP contribution in [0.1, 0.15) is 45.7 Å². The average molecular weight is 383 g/mol. The highest BCUT2D eigenvalue weighted by Gasteiger charge is 2.27. The first kappa shape index (κ1) is 18.7. The number of halogens is 1. The molecule has 0 nitrogen and oxygen atoms in total. The lowest BCUT2D eigenvalue weighted by molar-refractivity contribution is 0.608. The summed E-state index contributed by atoms with van der Waals surface area (Å²) in [7, 11) is 0. The molecular formula is C23H27Br. The summed E-state index contributed by atoms with van der Waals surface area (Å²) in [6, 6.07) is 19.1. The summed E-state index contributed by atoms with van der Waals surface area (Å²) in [5, 5.41) is 0. The number of hydrogen-bond donors (Lipinski definition) is 0. The molecule has 126 valence electrons. The van der Waals surface area contributed by atoms with Crippen molar-refractivity contribution >= 4 is 15.9 Å². The monoisotopic (exact) mass is 382 g/mol. The quantitative estimate of drug-likeness (QED) is 0.479. The lowest BCUT2D eigenvalue weighted by Crippen LogP contribution is -2.22. The molecule has 0 saturated heterocycles. The molecule has 24 heavy (non-hydrogen) atoms. The summed E-state index contributed by atoms with van der Waals surface area (Å²) in [4.78, 5) is 0. The number of allylic oxidation sites excluding steroid dienone is 3. The van der Waals surface area contributed by atoms with Crippen molar-refractivity contribution in [1.82, 2.24) is 0 Å². The van der Waals surface area contributed by atoms with Gasteiger partial charge in [0.15, 0.2) is 0 Å². The van der Waals surface area contributed by atoms with Gasteiger partial charge in [0.2, 0.25) is 0 Å². The van der Waals surface area contributed by atoms with Crippen molar-refractivity contribution in [3.63, 3.8) is 0 Å². The normalized spacial score (nSPS) is 13.0. The van der Waals surface area contributed by atoms with Gasteiger partial charge < -0.3 is 0 Å².